The molecule has 1 fully saturated rings. The molecule has 24 heavy (non-hydrogen) atoms. The van der Waals surface area contributed by atoms with Crippen LogP contribution in [0.2, 0.25) is 0 Å². The summed E-state index contributed by atoms with van der Waals surface area (Å²) < 4.78 is 0. The quantitative estimate of drug-likeness (QED) is 0.875. The van der Waals surface area contributed by atoms with Gasteiger partial charge >= 0.3 is 0 Å². The lowest BCUT2D eigenvalue weighted by atomic mass is 9.97. The molecule has 1 aromatic carbocycles. The number of hydrogen-bond donors (Lipinski definition) is 2. The van der Waals surface area contributed by atoms with E-state index >= 15 is 0 Å². The van der Waals surface area contributed by atoms with E-state index in [0.29, 0.717) is 13.1 Å². The van der Waals surface area contributed by atoms with Crippen LogP contribution in [0.1, 0.15) is 28.1 Å². The van der Waals surface area contributed by atoms with Crippen molar-refractivity contribution in [2.24, 2.45) is 11.7 Å². The number of amides is 2. The molecule has 0 spiro atoms. The molecular weight excluding hydrogens is 322 g/mol. The fourth-order valence-corrected chi connectivity index (χ4v) is 3.59. The fourth-order valence-electron chi connectivity index (χ4n) is 2.95. The van der Waals surface area contributed by atoms with Crippen LogP contribution >= 0.6 is 11.3 Å². The molecule has 5 nitrogen and oxygen atoms in total. The number of anilines is 1. The Balaban J connectivity index is 1.57. The van der Waals surface area contributed by atoms with Gasteiger partial charge in [0.1, 0.15) is 0 Å². The predicted molar refractivity (Wildman–Crippen MR) is 96.1 cm³/mol. The summed E-state index contributed by atoms with van der Waals surface area (Å²) in [5, 5.41) is 4.81. The maximum Gasteiger partial charge on any atom is 0.261 e. The topological polar surface area (TPSA) is 75.4 Å². The summed E-state index contributed by atoms with van der Waals surface area (Å²) in [6.07, 6.45) is 1.85. The number of piperidine rings is 1. The van der Waals surface area contributed by atoms with E-state index in [1.54, 1.807) is 0 Å². The Hall–Kier alpha value is -2.34. The van der Waals surface area contributed by atoms with E-state index in [1.165, 1.54) is 11.3 Å². The standard InChI is InChI=1S/C18H21N3O2S/c19-17(22)14-3-1-9-21(12-14)15-7-5-13(6-8-15)11-20-18(23)16-4-2-10-24-16/h2,4-8,10,14H,1,3,9,11-12H2,(H2,19,22)(H,20,23). The zero-order valence-electron chi connectivity index (χ0n) is 13.4. The summed E-state index contributed by atoms with van der Waals surface area (Å²) in [5.41, 5.74) is 7.57. The second kappa shape index (κ2) is 7.49. The maximum absolute atomic E-state index is 11.9. The Morgan fingerprint density at radius 3 is 2.71 bits per heavy atom. The highest BCUT2D eigenvalue weighted by Gasteiger charge is 2.23. The van der Waals surface area contributed by atoms with Gasteiger partial charge in [-0.05, 0) is 42.0 Å². The van der Waals surface area contributed by atoms with Crippen LogP contribution in [0, 0.1) is 5.92 Å². The Morgan fingerprint density at radius 1 is 1.25 bits per heavy atom. The number of rotatable bonds is 5. The number of nitrogens with two attached hydrogens (primary N) is 1. The zero-order valence-corrected chi connectivity index (χ0v) is 14.2. The van der Waals surface area contributed by atoms with Gasteiger partial charge in [0.05, 0.1) is 10.8 Å². The molecule has 0 radical (unpaired) electrons. The van der Waals surface area contributed by atoms with Gasteiger partial charge in [0.15, 0.2) is 0 Å². The van der Waals surface area contributed by atoms with E-state index in [0.717, 1.165) is 35.5 Å². The molecule has 1 aromatic heterocycles. The molecule has 3 N–H and O–H groups in total. The third-order valence-corrected chi connectivity index (χ3v) is 5.19. The minimum atomic E-state index is -0.215. The van der Waals surface area contributed by atoms with Gasteiger partial charge in [-0.25, -0.2) is 0 Å². The number of nitrogens with zero attached hydrogens (tertiary/aromatic N) is 1. The SMILES string of the molecule is NC(=O)C1CCCN(c2ccc(CNC(=O)c3cccs3)cc2)C1. The molecule has 6 heteroatoms. The van der Waals surface area contributed by atoms with Gasteiger partial charge in [0.25, 0.3) is 5.91 Å². The van der Waals surface area contributed by atoms with Gasteiger partial charge in [-0.15, -0.1) is 11.3 Å². The molecule has 0 bridgehead atoms. The van der Waals surface area contributed by atoms with E-state index in [2.05, 4.69) is 10.2 Å². The van der Waals surface area contributed by atoms with Gasteiger partial charge in [-0.2, -0.15) is 0 Å². The molecule has 126 valence electrons. The minimum absolute atomic E-state index is 0.0468. The number of carbonyl (C=O) groups is 2. The predicted octanol–water partition coefficient (Wildman–Crippen LogP) is 2.38. The van der Waals surface area contributed by atoms with Crippen LogP contribution in [0.5, 0.6) is 0 Å². The highest BCUT2D eigenvalue weighted by Crippen LogP contribution is 2.23. The first-order valence-electron chi connectivity index (χ1n) is 8.08. The van der Waals surface area contributed by atoms with Crippen molar-refractivity contribution in [3.05, 3.63) is 52.2 Å². The molecule has 1 aliphatic rings. The smallest absolute Gasteiger partial charge is 0.261 e. The molecule has 2 aromatic rings. The summed E-state index contributed by atoms with van der Waals surface area (Å²) >= 11 is 1.43. The van der Waals surface area contributed by atoms with Crippen molar-refractivity contribution in [1.29, 1.82) is 0 Å². The minimum Gasteiger partial charge on any atom is -0.371 e. The highest BCUT2D eigenvalue weighted by atomic mass is 32.1. The molecule has 0 aliphatic carbocycles. The third-order valence-electron chi connectivity index (χ3n) is 4.32. The largest absolute Gasteiger partial charge is 0.371 e. The number of benzene rings is 1. The Morgan fingerprint density at radius 2 is 2.04 bits per heavy atom. The van der Waals surface area contributed by atoms with E-state index in [1.807, 2.05) is 41.8 Å². The molecule has 1 unspecified atom stereocenters. The van der Waals surface area contributed by atoms with Crippen LogP contribution in [-0.2, 0) is 11.3 Å². The maximum atomic E-state index is 11.9. The van der Waals surface area contributed by atoms with Crippen LogP contribution < -0.4 is 16.0 Å². The van der Waals surface area contributed by atoms with Crippen molar-refractivity contribution >= 4 is 28.8 Å². The lowest BCUT2D eigenvalue weighted by Crippen LogP contribution is -2.41. The molecule has 3 rings (SSSR count). The monoisotopic (exact) mass is 343 g/mol. The first-order valence-corrected chi connectivity index (χ1v) is 8.96. The summed E-state index contributed by atoms with van der Waals surface area (Å²) in [6.45, 7) is 2.13. The van der Waals surface area contributed by atoms with Crippen LogP contribution in [0.15, 0.2) is 41.8 Å². The molecule has 1 atom stereocenters. The lowest BCUT2D eigenvalue weighted by molar-refractivity contribution is -0.122. The molecular formula is C18H21N3O2S. The number of hydrogen-bond acceptors (Lipinski definition) is 4. The van der Waals surface area contributed by atoms with Crippen molar-refractivity contribution in [1.82, 2.24) is 5.32 Å². The summed E-state index contributed by atoms with van der Waals surface area (Å²) in [5.74, 6) is -0.328. The van der Waals surface area contributed by atoms with Crippen molar-refractivity contribution < 1.29 is 9.59 Å². The van der Waals surface area contributed by atoms with Gasteiger partial charge in [0.2, 0.25) is 5.91 Å². The second-order valence-electron chi connectivity index (χ2n) is 6.01. The van der Waals surface area contributed by atoms with Gasteiger partial charge in [-0.1, -0.05) is 18.2 Å². The van der Waals surface area contributed by atoms with Gasteiger partial charge < -0.3 is 16.0 Å². The molecule has 1 aliphatic heterocycles. The number of nitrogens with one attached hydrogen (secondary N) is 1. The fraction of sp³-hybridized carbons (Fsp3) is 0.333. The first-order chi connectivity index (χ1) is 11.6. The van der Waals surface area contributed by atoms with Crippen LogP contribution in [-0.4, -0.2) is 24.9 Å². The average Bonchev–Trinajstić information content (AvgIpc) is 3.15. The molecule has 1 saturated heterocycles. The van der Waals surface area contributed by atoms with Crippen LogP contribution in [0.3, 0.4) is 0 Å². The second-order valence-corrected chi connectivity index (χ2v) is 6.96. The van der Waals surface area contributed by atoms with E-state index in [9.17, 15) is 9.59 Å². The third kappa shape index (κ3) is 3.94. The van der Waals surface area contributed by atoms with Crippen molar-refractivity contribution in [3.8, 4) is 0 Å². The Bertz CT molecular complexity index is 698. The highest BCUT2D eigenvalue weighted by molar-refractivity contribution is 7.12. The van der Waals surface area contributed by atoms with Gasteiger partial charge in [0, 0.05) is 25.3 Å². The summed E-state index contributed by atoms with van der Waals surface area (Å²) in [6, 6.07) is 11.8. The van der Waals surface area contributed by atoms with Crippen molar-refractivity contribution in [3.63, 3.8) is 0 Å². The van der Waals surface area contributed by atoms with E-state index in [-0.39, 0.29) is 17.7 Å². The number of thiophene rings is 1. The first kappa shape index (κ1) is 16.5. The molecule has 2 amide bonds. The normalized spacial score (nSPS) is 17.5. The lowest BCUT2D eigenvalue weighted by Gasteiger charge is -2.33. The van der Waals surface area contributed by atoms with Crippen molar-refractivity contribution in [2.45, 2.75) is 19.4 Å². The van der Waals surface area contributed by atoms with E-state index < -0.39 is 0 Å². The Labute approximate surface area is 145 Å². The van der Waals surface area contributed by atoms with Crippen LogP contribution in [0.25, 0.3) is 0 Å². The zero-order chi connectivity index (χ0) is 16.9. The number of primary amides is 1. The molecule has 0 saturated carbocycles. The average molecular weight is 343 g/mol. The van der Waals surface area contributed by atoms with Crippen LogP contribution in [0.4, 0.5) is 5.69 Å². The Kier molecular flexibility index (Phi) is 5.15. The molecule has 2 heterocycles. The summed E-state index contributed by atoms with van der Waals surface area (Å²) in [4.78, 5) is 26.2. The van der Waals surface area contributed by atoms with Gasteiger partial charge in [-0.3, -0.25) is 9.59 Å². The van der Waals surface area contributed by atoms with Crippen molar-refractivity contribution in [2.75, 3.05) is 18.0 Å². The summed E-state index contributed by atoms with van der Waals surface area (Å²) in [7, 11) is 0. The number of carbonyl (C=O) groups excluding carboxylic acids is 2. The van der Waals surface area contributed by atoms with E-state index in [4.69, 9.17) is 5.73 Å².